The molecule has 0 spiro atoms. The summed E-state index contributed by atoms with van der Waals surface area (Å²) < 4.78 is 17.7. The van der Waals surface area contributed by atoms with Crippen LogP contribution in [0.25, 0.3) is 0 Å². The summed E-state index contributed by atoms with van der Waals surface area (Å²) in [5.74, 6) is -2.95. The fourth-order valence-corrected chi connectivity index (χ4v) is 0.789. The summed E-state index contributed by atoms with van der Waals surface area (Å²) in [6.45, 7) is -0.385. The molecule has 0 aromatic rings. The third-order valence-electron chi connectivity index (χ3n) is 1.69. The molecule has 0 aromatic heterocycles. The smallest absolute Gasteiger partial charge is 0.331 e. The van der Waals surface area contributed by atoms with E-state index < -0.39 is 23.9 Å². The Labute approximate surface area is 114 Å². The molecule has 0 saturated heterocycles. The molecule has 0 aliphatic heterocycles. The van der Waals surface area contributed by atoms with Gasteiger partial charge < -0.3 is 18.9 Å². The molecular formula is C12H14O8. The molecule has 8 nitrogen and oxygen atoms in total. The Hall–Kier alpha value is -2.64. The summed E-state index contributed by atoms with van der Waals surface area (Å²) in [6.07, 6.45) is 3.55. The van der Waals surface area contributed by atoms with Crippen LogP contribution in [0.15, 0.2) is 24.3 Å². The highest BCUT2D eigenvalue weighted by molar-refractivity contribution is 5.92. The van der Waals surface area contributed by atoms with Gasteiger partial charge in [-0.05, 0) is 0 Å². The zero-order valence-corrected chi connectivity index (χ0v) is 11.0. The number of ether oxygens (including phenoxy) is 4. The van der Waals surface area contributed by atoms with Crippen LogP contribution in [0.2, 0.25) is 0 Å². The predicted octanol–water partition coefficient (Wildman–Crippen LogP) is -0.469. The minimum atomic E-state index is -0.781. The third-order valence-corrected chi connectivity index (χ3v) is 1.69. The van der Waals surface area contributed by atoms with Gasteiger partial charge in [0.2, 0.25) is 0 Å². The van der Waals surface area contributed by atoms with Crippen LogP contribution < -0.4 is 0 Å². The highest BCUT2D eigenvalue weighted by Crippen LogP contribution is 1.87. The lowest BCUT2D eigenvalue weighted by Gasteiger charge is -2.02. The number of carbonyl (C=O) groups excluding carboxylic acids is 4. The first kappa shape index (κ1) is 17.4. The van der Waals surface area contributed by atoms with Gasteiger partial charge in [-0.25, -0.2) is 19.2 Å². The number of rotatable bonds is 7. The van der Waals surface area contributed by atoms with E-state index in [1.54, 1.807) is 0 Å². The Morgan fingerprint density at radius 2 is 0.950 bits per heavy atom. The molecule has 20 heavy (non-hydrogen) atoms. The van der Waals surface area contributed by atoms with Crippen LogP contribution in [0.1, 0.15) is 0 Å². The van der Waals surface area contributed by atoms with Crippen LogP contribution in [0.3, 0.4) is 0 Å². The summed E-state index contributed by atoms with van der Waals surface area (Å²) in [5, 5.41) is 0. The third kappa shape index (κ3) is 9.40. The number of methoxy groups -OCH3 is 2. The lowest BCUT2D eigenvalue weighted by atomic mass is 10.5. The second kappa shape index (κ2) is 10.3. The molecule has 110 valence electrons. The van der Waals surface area contributed by atoms with Gasteiger partial charge in [-0.1, -0.05) is 0 Å². The van der Waals surface area contributed by atoms with E-state index in [1.807, 2.05) is 0 Å². The maximum Gasteiger partial charge on any atom is 0.331 e. The van der Waals surface area contributed by atoms with Crippen LogP contribution in [0.4, 0.5) is 0 Å². The van der Waals surface area contributed by atoms with Crippen molar-refractivity contribution in [1.82, 2.24) is 0 Å². The fourth-order valence-electron chi connectivity index (χ4n) is 0.789. The monoisotopic (exact) mass is 286 g/mol. The Balaban J connectivity index is 3.81. The van der Waals surface area contributed by atoms with Crippen molar-refractivity contribution in [3.8, 4) is 0 Å². The zero-order valence-electron chi connectivity index (χ0n) is 11.0. The van der Waals surface area contributed by atoms with Gasteiger partial charge in [0.15, 0.2) is 0 Å². The van der Waals surface area contributed by atoms with Crippen molar-refractivity contribution in [1.29, 1.82) is 0 Å². The average molecular weight is 286 g/mol. The first-order valence-corrected chi connectivity index (χ1v) is 5.35. The molecule has 0 heterocycles. The Kier molecular flexibility index (Phi) is 8.94. The number of hydrogen-bond donors (Lipinski definition) is 0. The normalized spacial score (nSPS) is 10.3. The van der Waals surface area contributed by atoms with Crippen LogP contribution >= 0.6 is 0 Å². The zero-order chi connectivity index (χ0) is 15.4. The summed E-state index contributed by atoms with van der Waals surface area (Å²) in [5.41, 5.74) is 0. The first-order valence-electron chi connectivity index (χ1n) is 5.35. The molecule has 0 aliphatic rings. The second-order valence-corrected chi connectivity index (χ2v) is 3.05. The van der Waals surface area contributed by atoms with Crippen LogP contribution in [-0.4, -0.2) is 51.3 Å². The highest BCUT2D eigenvalue weighted by Gasteiger charge is 2.02. The minimum Gasteiger partial charge on any atom is -0.466 e. The Morgan fingerprint density at radius 3 is 1.25 bits per heavy atom. The van der Waals surface area contributed by atoms with Gasteiger partial charge >= 0.3 is 23.9 Å². The fraction of sp³-hybridized carbons (Fsp3) is 0.333. The van der Waals surface area contributed by atoms with E-state index in [0.717, 1.165) is 24.3 Å². The Morgan fingerprint density at radius 1 is 0.650 bits per heavy atom. The number of hydrogen-bond acceptors (Lipinski definition) is 8. The molecule has 0 fully saturated rings. The van der Waals surface area contributed by atoms with Gasteiger partial charge in [0.1, 0.15) is 13.2 Å². The molecule has 8 heteroatoms. The quantitative estimate of drug-likeness (QED) is 0.268. The van der Waals surface area contributed by atoms with Crippen molar-refractivity contribution in [3.63, 3.8) is 0 Å². The predicted molar refractivity (Wildman–Crippen MR) is 64.2 cm³/mol. The molecule has 0 aliphatic carbocycles. The lowest BCUT2D eigenvalue weighted by molar-refractivity contribution is -0.146. The largest absolute Gasteiger partial charge is 0.466 e. The van der Waals surface area contributed by atoms with E-state index >= 15 is 0 Å². The van der Waals surface area contributed by atoms with E-state index in [-0.39, 0.29) is 13.2 Å². The molecule has 0 bridgehead atoms. The molecule has 0 atom stereocenters. The molecule has 0 rings (SSSR count). The van der Waals surface area contributed by atoms with Gasteiger partial charge in [-0.15, -0.1) is 0 Å². The van der Waals surface area contributed by atoms with Crippen molar-refractivity contribution in [2.75, 3.05) is 27.4 Å². The van der Waals surface area contributed by atoms with Crippen LogP contribution in [0, 0.1) is 0 Å². The average Bonchev–Trinajstić information content (AvgIpc) is 2.46. The molecule has 0 saturated carbocycles. The van der Waals surface area contributed by atoms with E-state index in [2.05, 4.69) is 18.9 Å². The number of carbonyl (C=O) groups is 4. The maximum atomic E-state index is 11.0. The SMILES string of the molecule is COC(=O)C=CC(=O)OCCOC(=O)C=CC(=O)OC. The Bertz CT molecular complexity index is 381. The molecule has 0 unspecified atom stereocenters. The van der Waals surface area contributed by atoms with Gasteiger partial charge in [-0.2, -0.15) is 0 Å². The second-order valence-electron chi connectivity index (χ2n) is 3.05. The van der Waals surface area contributed by atoms with Crippen molar-refractivity contribution in [3.05, 3.63) is 24.3 Å². The lowest BCUT2D eigenvalue weighted by Crippen LogP contribution is -2.12. The van der Waals surface area contributed by atoms with E-state index in [1.165, 1.54) is 14.2 Å². The summed E-state index contributed by atoms with van der Waals surface area (Å²) >= 11 is 0. The van der Waals surface area contributed by atoms with Gasteiger partial charge in [0.05, 0.1) is 14.2 Å². The van der Waals surface area contributed by atoms with E-state index in [0.29, 0.717) is 0 Å². The summed E-state index contributed by atoms with van der Waals surface area (Å²) in [7, 11) is 2.33. The van der Waals surface area contributed by atoms with Crippen LogP contribution in [0.5, 0.6) is 0 Å². The standard InChI is InChI=1S/C12H14O8/c1-17-9(13)3-5-11(15)19-7-8-20-12(16)6-4-10(14)18-2/h3-6H,7-8H2,1-2H3. The number of esters is 4. The van der Waals surface area contributed by atoms with Gasteiger partial charge in [0.25, 0.3) is 0 Å². The first-order chi connectivity index (χ1) is 9.49. The van der Waals surface area contributed by atoms with Gasteiger partial charge in [0, 0.05) is 24.3 Å². The summed E-state index contributed by atoms with van der Waals surface area (Å²) in [4.78, 5) is 43.4. The molecular weight excluding hydrogens is 272 g/mol. The summed E-state index contributed by atoms with van der Waals surface area (Å²) in [6, 6.07) is 0. The van der Waals surface area contributed by atoms with E-state index in [4.69, 9.17) is 0 Å². The minimum absolute atomic E-state index is 0.192. The van der Waals surface area contributed by atoms with E-state index in [9.17, 15) is 19.2 Å². The molecule has 0 N–H and O–H groups in total. The highest BCUT2D eigenvalue weighted by atomic mass is 16.6. The van der Waals surface area contributed by atoms with Crippen LogP contribution in [-0.2, 0) is 38.1 Å². The molecule has 0 aromatic carbocycles. The van der Waals surface area contributed by atoms with Crippen molar-refractivity contribution in [2.45, 2.75) is 0 Å². The molecule has 0 radical (unpaired) electrons. The topological polar surface area (TPSA) is 105 Å². The van der Waals surface area contributed by atoms with Crippen molar-refractivity contribution >= 4 is 23.9 Å². The van der Waals surface area contributed by atoms with Crippen molar-refractivity contribution < 1.29 is 38.1 Å². The van der Waals surface area contributed by atoms with Crippen molar-refractivity contribution in [2.24, 2.45) is 0 Å². The maximum absolute atomic E-state index is 11.0. The van der Waals surface area contributed by atoms with Gasteiger partial charge in [-0.3, -0.25) is 0 Å². The molecule has 0 amide bonds.